The Morgan fingerprint density at radius 2 is 2.12 bits per heavy atom. The molecule has 5 heteroatoms. The van der Waals surface area contributed by atoms with Crippen LogP contribution < -0.4 is 0 Å². The number of aromatic amines is 1. The van der Waals surface area contributed by atoms with Crippen molar-refractivity contribution in [2.75, 3.05) is 0 Å². The molecule has 2 aromatic rings. The molecule has 0 radical (unpaired) electrons. The Morgan fingerprint density at radius 1 is 1.35 bits per heavy atom. The standard InChI is InChI=1S/C12H8FN3S/c1-7-15-11(5-12(17)16-7)9-2-8(6-14)3-10(13)4-9/h2-5H,1H3,(H,15,16,17). The molecule has 0 saturated heterocycles. The molecule has 0 aliphatic rings. The van der Waals surface area contributed by atoms with Crippen LogP contribution in [0.25, 0.3) is 11.3 Å². The van der Waals surface area contributed by atoms with Crippen molar-refractivity contribution in [1.29, 1.82) is 5.26 Å². The second-order valence-electron chi connectivity index (χ2n) is 3.56. The summed E-state index contributed by atoms with van der Waals surface area (Å²) < 4.78 is 13.7. The third-order valence-corrected chi connectivity index (χ3v) is 2.41. The van der Waals surface area contributed by atoms with Crippen LogP contribution in [-0.2, 0) is 0 Å². The van der Waals surface area contributed by atoms with Gasteiger partial charge in [0.15, 0.2) is 0 Å². The normalized spacial score (nSPS) is 9.94. The fourth-order valence-corrected chi connectivity index (χ4v) is 1.80. The lowest BCUT2D eigenvalue weighted by Gasteiger charge is -2.04. The van der Waals surface area contributed by atoms with Crippen molar-refractivity contribution in [2.24, 2.45) is 0 Å². The number of nitrogens with one attached hydrogen (secondary N) is 1. The Morgan fingerprint density at radius 3 is 2.76 bits per heavy atom. The van der Waals surface area contributed by atoms with Gasteiger partial charge in [-0.3, -0.25) is 0 Å². The Hall–Kier alpha value is -2.06. The lowest BCUT2D eigenvalue weighted by atomic mass is 10.1. The predicted octanol–water partition coefficient (Wildman–Crippen LogP) is 3.13. The highest BCUT2D eigenvalue weighted by Crippen LogP contribution is 2.20. The van der Waals surface area contributed by atoms with Crippen LogP contribution in [-0.4, -0.2) is 9.97 Å². The molecule has 0 bridgehead atoms. The van der Waals surface area contributed by atoms with Crippen LogP contribution in [0.4, 0.5) is 4.39 Å². The van der Waals surface area contributed by atoms with E-state index < -0.39 is 5.82 Å². The van der Waals surface area contributed by atoms with Crippen molar-refractivity contribution in [3.63, 3.8) is 0 Å². The highest BCUT2D eigenvalue weighted by Gasteiger charge is 2.04. The van der Waals surface area contributed by atoms with Crippen LogP contribution in [0.15, 0.2) is 24.3 Å². The number of hydrogen-bond acceptors (Lipinski definition) is 3. The predicted molar refractivity (Wildman–Crippen MR) is 64.3 cm³/mol. The zero-order chi connectivity index (χ0) is 12.4. The molecule has 84 valence electrons. The van der Waals surface area contributed by atoms with E-state index in [1.165, 1.54) is 12.1 Å². The summed E-state index contributed by atoms with van der Waals surface area (Å²) in [4.78, 5) is 7.01. The van der Waals surface area contributed by atoms with E-state index in [0.717, 1.165) is 0 Å². The maximum Gasteiger partial charge on any atom is 0.130 e. The quantitative estimate of drug-likeness (QED) is 0.785. The van der Waals surface area contributed by atoms with Crippen LogP contribution in [0.2, 0.25) is 0 Å². The summed E-state index contributed by atoms with van der Waals surface area (Å²) in [7, 11) is 0. The molecule has 2 rings (SSSR count). The van der Waals surface area contributed by atoms with Gasteiger partial charge in [-0.15, -0.1) is 0 Å². The Labute approximate surface area is 103 Å². The fourth-order valence-electron chi connectivity index (χ4n) is 1.55. The van der Waals surface area contributed by atoms with Crippen LogP contribution >= 0.6 is 12.2 Å². The number of nitrogens with zero attached hydrogens (tertiary/aromatic N) is 2. The lowest BCUT2D eigenvalue weighted by molar-refractivity contribution is 0.628. The molecule has 0 aliphatic heterocycles. The van der Waals surface area contributed by atoms with E-state index in [4.69, 9.17) is 17.5 Å². The van der Waals surface area contributed by atoms with E-state index in [0.29, 0.717) is 21.7 Å². The molecule has 0 spiro atoms. The number of aryl methyl sites for hydroxylation is 1. The topological polar surface area (TPSA) is 52.5 Å². The minimum Gasteiger partial charge on any atom is -0.343 e. The van der Waals surface area contributed by atoms with Crippen molar-refractivity contribution in [3.05, 3.63) is 46.1 Å². The van der Waals surface area contributed by atoms with Gasteiger partial charge in [0.25, 0.3) is 0 Å². The van der Waals surface area contributed by atoms with Gasteiger partial charge in [-0.05, 0) is 31.2 Å². The molecular formula is C12H8FN3S. The van der Waals surface area contributed by atoms with Gasteiger partial charge in [-0.1, -0.05) is 12.2 Å². The van der Waals surface area contributed by atoms with E-state index in [-0.39, 0.29) is 5.56 Å². The molecule has 0 aliphatic carbocycles. The summed E-state index contributed by atoms with van der Waals surface area (Å²) in [5, 5.41) is 8.78. The maximum atomic E-state index is 13.3. The Kier molecular flexibility index (Phi) is 2.98. The summed E-state index contributed by atoms with van der Waals surface area (Å²) in [6, 6.07) is 7.68. The number of H-pyrrole nitrogens is 1. The first-order chi connectivity index (χ1) is 8.08. The molecule has 3 nitrogen and oxygen atoms in total. The largest absolute Gasteiger partial charge is 0.343 e. The molecule has 0 atom stereocenters. The van der Waals surface area contributed by atoms with Crippen LogP contribution in [0.1, 0.15) is 11.4 Å². The van der Waals surface area contributed by atoms with Crippen LogP contribution in [0, 0.1) is 28.7 Å². The highest BCUT2D eigenvalue weighted by molar-refractivity contribution is 7.71. The fraction of sp³-hybridized carbons (Fsp3) is 0.0833. The van der Waals surface area contributed by atoms with Crippen molar-refractivity contribution < 1.29 is 4.39 Å². The second kappa shape index (κ2) is 4.44. The SMILES string of the molecule is Cc1nc(=S)cc(-c2cc(F)cc(C#N)c2)[nH]1. The zero-order valence-corrected chi connectivity index (χ0v) is 9.81. The Bertz CT molecular complexity index is 670. The van der Waals surface area contributed by atoms with E-state index >= 15 is 0 Å². The maximum absolute atomic E-state index is 13.3. The zero-order valence-electron chi connectivity index (χ0n) is 8.99. The number of benzene rings is 1. The number of aromatic nitrogens is 2. The van der Waals surface area contributed by atoms with Gasteiger partial charge < -0.3 is 4.98 Å². The smallest absolute Gasteiger partial charge is 0.130 e. The van der Waals surface area contributed by atoms with E-state index in [2.05, 4.69) is 9.97 Å². The molecule has 1 heterocycles. The number of rotatable bonds is 1. The van der Waals surface area contributed by atoms with Crippen molar-refractivity contribution >= 4 is 12.2 Å². The van der Waals surface area contributed by atoms with Crippen molar-refractivity contribution in [2.45, 2.75) is 6.92 Å². The number of hydrogen-bond donors (Lipinski definition) is 1. The van der Waals surface area contributed by atoms with Gasteiger partial charge in [0, 0.05) is 11.3 Å². The first kappa shape index (κ1) is 11.4. The lowest BCUT2D eigenvalue weighted by Crippen LogP contribution is -1.92. The van der Waals surface area contributed by atoms with Gasteiger partial charge in [0.2, 0.25) is 0 Å². The Balaban J connectivity index is 2.64. The monoisotopic (exact) mass is 245 g/mol. The molecule has 17 heavy (non-hydrogen) atoms. The van der Waals surface area contributed by atoms with Gasteiger partial charge in [-0.2, -0.15) is 5.26 Å². The van der Waals surface area contributed by atoms with Gasteiger partial charge in [0.1, 0.15) is 16.3 Å². The van der Waals surface area contributed by atoms with Gasteiger partial charge in [-0.25, -0.2) is 9.37 Å². The highest BCUT2D eigenvalue weighted by atomic mass is 32.1. The summed E-state index contributed by atoms with van der Waals surface area (Å²) >= 11 is 4.99. The average Bonchev–Trinajstić information content (AvgIpc) is 2.26. The summed E-state index contributed by atoms with van der Waals surface area (Å²) in [6.45, 7) is 1.77. The van der Waals surface area contributed by atoms with E-state index in [1.54, 1.807) is 19.1 Å². The summed E-state index contributed by atoms with van der Waals surface area (Å²) in [5.74, 6) is 0.197. The molecule has 0 amide bonds. The van der Waals surface area contributed by atoms with Gasteiger partial charge >= 0.3 is 0 Å². The van der Waals surface area contributed by atoms with Crippen LogP contribution in [0.5, 0.6) is 0 Å². The molecule has 0 saturated carbocycles. The number of nitriles is 1. The third kappa shape index (κ3) is 2.55. The van der Waals surface area contributed by atoms with Crippen LogP contribution in [0.3, 0.4) is 0 Å². The van der Waals surface area contributed by atoms with Gasteiger partial charge in [0.05, 0.1) is 11.6 Å². The second-order valence-corrected chi connectivity index (χ2v) is 3.98. The van der Waals surface area contributed by atoms with Crippen molar-refractivity contribution in [3.8, 4) is 17.3 Å². The molecule has 0 unspecified atom stereocenters. The summed E-state index contributed by atoms with van der Waals surface area (Å²) in [6.07, 6.45) is 0. The first-order valence-corrected chi connectivity index (χ1v) is 5.28. The van der Waals surface area contributed by atoms with E-state index in [1.807, 2.05) is 6.07 Å². The molecule has 1 aromatic carbocycles. The number of halogens is 1. The molecule has 1 aromatic heterocycles. The molecule has 0 fully saturated rings. The minimum atomic E-state index is -0.451. The van der Waals surface area contributed by atoms with Crippen molar-refractivity contribution in [1.82, 2.24) is 9.97 Å². The minimum absolute atomic E-state index is 0.272. The molecular weight excluding hydrogens is 237 g/mol. The van der Waals surface area contributed by atoms with E-state index in [9.17, 15) is 4.39 Å². The average molecular weight is 245 g/mol. The first-order valence-electron chi connectivity index (χ1n) is 4.87. The summed E-state index contributed by atoms with van der Waals surface area (Å²) in [5.41, 5.74) is 1.51. The third-order valence-electron chi connectivity index (χ3n) is 2.20. The molecule has 1 N–H and O–H groups in total.